The molecule has 2 heterocycles. The molecule has 35 heavy (non-hydrogen) atoms. The normalized spacial score (nSPS) is 21.1. The Kier molecular flexibility index (Phi) is 6.43. The number of carbonyl (C=O) groups is 1. The lowest BCUT2D eigenvalue weighted by atomic mass is 9.94. The third-order valence-electron chi connectivity index (χ3n) is 6.79. The number of aryl methyl sites for hydroxylation is 2. The second-order valence-corrected chi connectivity index (χ2v) is 9.45. The highest BCUT2D eigenvalue weighted by molar-refractivity contribution is 5.75. The van der Waals surface area contributed by atoms with Crippen molar-refractivity contribution in [2.45, 2.75) is 45.3 Å². The number of nitrogens with one attached hydrogen (secondary N) is 1. The Morgan fingerprint density at radius 2 is 2.00 bits per heavy atom. The smallest absolute Gasteiger partial charge is 0.307 e. The lowest BCUT2D eigenvalue weighted by Gasteiger charge is -2.17. The number of anilines is 1. The Labute approximate surface area is 204 Å². The van der Waals surface area contributed by atoms with E-state index in [1.807, 2.05) is 50.2 Å². The average Bonchev–Trinajstić information content (AvgIpc) is 3.48. The minimum absolute atomic E-state index is 0.00885. The highest BCUT2D eigenvalue weighted by Crippen LogP contribution is 2.46. The largest absolute Gasteiger partial charge is 0.488 e. The Hall–Kier alpha value is -3.45. The molecule has 0 bridgehead atoms. The van der Waals surface area contributed by atoms with Gasteiger partial charge in [-0.2, -0.15) is 0 Å². The van der Waals surface area contributed by atoms with Crippen molar-refractivity contribution in [2.75, 3.05) is 18.5 Å². The highest BCUT2D eigenvalue weighted by atomic mass is 19.1. The molecule has 2 fully saturated rings. The van der Waals surface area contributed by atoms with Crippen LogP contribution in [0.1, 0.15) is 41.1 Å². The molecule has 2 aromatic carbocycles. The maximum Gasteiger partial charge on any atom is 0.307 e. The summed E-state index contributed by atoms with van der Waals surface area (Å²) in [5.74, 6) is -0.553. The van der Waals surface area contributed by atoms with Gasteiger partial charge in [0.1, 0.15) is 17.7 Å². The number of carboxylic acids is 1. The summed E-state index contributed by atoms with van der Waals surface area (Å²) in [5, 5.41) is 12.3. The minimum Gasteiger partial charge on any atom is -0.488 e. The molecule has 0 spiro atoms. The zero-order valence-electron chi connectivity index (χ0n) is 19.9. The van der Waals surface area contributed by atoms with Gasteiger partial charge in [-0.1, -0.05) is 6.07 Å². The Bertz CT molecular complexity index is 1220. The van der Waals surface area contributed by atoms with Gasteiger partial charge >= 0.3 is 5.97 Å². The van der Waals surface area contributed by atoms with Gasteiger partial charge in [-0.05, 0) is 78.9 Å². The maximum atomic E-state index is 14.6. The van der Waals surface area contributed by atoms with Crippen molar-refractivity contribution >= 4 is 11.7 Å². The van der Waals surface area contributed by atoms with Gasteiger partial charge in [0.25, 0.3) is 0 Å². The SMILES string of the molecule is Cc1cc(O[C@@H]2CCOC2)cc(C)c1-c1ccc(F)c(CNc2ccc([C@H]3C[C@@H]3C(=O)O)nc2)c1. The van der Waals surface area contributed by atoms with E-state index >= 15 is 0 Å². The third kappa shape index (κ3) is 5.15. The summed E-state index contributed by atoms with van der Waals surface area (Å²) in [7, 11) is 0. The lowest BCUT2D eigenvalue weighted by Crippen LogP contribution is -2.15. The van der Waals surface area contributed by atoms with Crippen LogP contribution in [0.4, 0.5) is 10.1 Å². The van der Waals surface area contributed by atoms with Crippen LogP contribution in [-0.2, 0) is 16.1 Å². The summed E-state index contributed by atoms with van der Waals surface area (Å²) < 4.78 is 26.1. The quantitative estimate of drug-likeness (QED) is 0.449. The molecular formula is C28H29FN2O4. The van der Waals surface area contributed by atoms with E-state index in [0.29, 0.717) is 25.1 Å². The fourth-order valence-electron chi connectivity index (χ4n) is 4.83. The van der Waals surface area contributed by atoms with Crippen LogP contribution in [0, 0.1) is 25.6 Å². The Balaban J connectivity index is 1.29. The first-order chi connectivity index (χ1) is 16.9. The molecule has 7 heteroatoms. The van der Waals surface area contributed by atoms with Crippen molar-refractivity contribution in [3.05, 3.63) is 76.9 Å². The zero-order chi connectivity index (χ0) is 24.5. The van der Waals surface area contributed by atoms with Crippen LogP contribution in [-0.4, -0.2) is 35.4 Å². The molecule has 1 saturated carbocycles. The molecule has 3 atom stereocenters. The molecule has 6 nitrogen and oxygen atoms in total. The predicted molar refractivity (Wildman–Crippen MR) is 131 cm³/mol. The number of nitrogens with zero attached hydrogens (tertiary/aromatic N) is 1. The van der Waals surface area contributed by atoms with E-state index in [2.05, 4.69) is 10.3 Å². The van der Waals surface area contributed by atoms with Crippen LogP contribution in [0.2, 0.25) is 0 Å². The number of hydrogen-bond acceptors (Lipinski definition) is 5. The average molecular weight is 477 g/mol. The van der Waals surface area contributed by atoms with E-state index in [1.54, 1.807) is 6.20 Å². The molecule has 5 rings (SSSR count). The first kappa shape index (κ1) is 23.3. The van der Waals surface area contributed by atoms with Gasteiger partial charge < -0.3 is 19.9 Å². The van der Waals surface area contributed by atoms with Crippen molar-refractivity contribution < 1.29 is 23.8 Å². The van der Waals surface area contributed by atoms with Gasteiger partial charge in [0.2, 0.25) is 0 Å². The molecule has 0 radical (unpaired) electrons. The molecule has 2 aliphatic rings. The third-order valence-corrected chi connectivity index (χ3v) is 6.79. The molecule has 1 saturated heterocycles. The van der Waals surface area contributed by atoms with Gasteiger partial charge in [0.05, 0.1) is 31.0 Å². The fraction of sp³-hybridized carbons (Fsp3) is 0.357. The monoisotopic (exact) mass is 476 g/mol. The van der Waals surface area contributed by atoms with Crippen LogP contribution in [0.25, 0.3) is 11.1 Å². The number of ether oxygens (including phenoxy) is 2. The number of pyridine rings is 1. The van der Waals surface area contributed by atoms with Gasteiger partial charge in [0.15, 0.2) is 0 Å². The van der Waals surface area contributed by atoms with Crippen molar-refractivity contribution in [1.29, 1.82) is 0 Å². The molecule has 1 aliphatic carbocycles. The second-order valence-electron chi connectivity index (χ2n) is 9.45. The molecule has 1 aromatic heterocycles. The molecule has 2 N–H and O–H groups in total. The van der Waals surface area contributed by atoms with Gasteiger partial charge in [-0.25, -0.2) is 4.39 Å². The Morgan fingerprint density at radius 1 is 1.20 bits per heavy atom. The van der Waals surface area contributed by atoms with Crippen LogP contribution >= 0.6 is 0 Å². The molecule has 182 valence electrons. The minimum atomic E-state index is -0.773. The standard InChI is InChI=1S/C28H29FN2O4/c1-16-9-22(35-21-7-8-34-15-21)10-17(2)27(16)18-3-5-25(29)19(11-18)13-30-20-4-6-26(31-14-20)23-12-24(23)28(32)33/h3-6,9-11,14,21,23-24,30H,7-8,12-13,15H2,1-2H3,(H,32,33)/t21-,23+,24+/m1/s1. The van der Waals surface area contributed by atoms with Crippen LogP contribution in [0.3, 0.4) is 0 Å². The summed E-state index contributed by atoms with van der Waals surface area (Å²) in [4.78, 5) is 15.5. The second kappa shape index (κ2) is 9.66. The molecule has 1 aliphatic heterocycles. The summed E-state index contributed by atoms with van der Waals surface area (Å²) >= 11 is 0. The van der Waals surface area contributed by atoms with E-state index in [9.17, 15) is 9.18 Å². The van der Waals surface area contributed by atoms with Crippen LogP contribution < -0.4 is 10.1 Å². The summed E-state index contributed by atoms with van der Waals surface area (Å²) in [6.07, 6.45) is 3.30. The van der Waals surface area contributed by atoms with Crippen molar-refractivity contribution in [1.82, 2.24) is 4.98 Å². The number of halogens is 1. The van der Waals surface area contributed by atoms with Crippen molar-refractivity contribution in [3.8, 4) is 16.9 Å². The molecular weight excluding hydrogens is 447 g/mol. The zero-order valence-corrected chi connectivity index (χ0v) is 19.9. The predicted octanol–water partition coefficient (Wildman–Crippen LogP) is 5.47. The maximum absolute atomic E-state index is 14.6. The number of aromatic nitrogens is 1. The van der Waals surface area contributed by atoms with Gasteiger partial charge in [0, 0.05) is 30.1 Å². The molecule has 3 aromatic rings. The number of benzene rings is 2. The summed E-state index contributed by atoms with van der Waals surface area (Å²) in [5.41, 5.74) is 6.28. The number of carboxylic acid groups (broad SMARTS) is 1. The van der Waals surface area contributed by atoms with Crippen molar-refractivity contribution in [2.24, 2.45) is 5.92 Å². The fourth-order valence-corrected chi connectivity index (χ4v) is 4.83. The van der Waals surface area contributed by atoms with E-state index in [1.165, 1.54) is 6.07 Å². The molecule has 0 unspecified atom stereocenters. The van der Waals surface area contributed by atoms with Crippen LogP contribution in [0.5, 0.6) is 5.75 Å². The Morgan fingerprint density at radius 3 is 2.63 bits per heavy atom. The van der Waals surface area contributed by atoms with E-state index in [4.69, 9.17) is 14.6 Å². The first-order valence-corrected chi connectivity index (χ1v) is 12.0. The number of aliphatic carboxylic acids is 1. The summed E-state index contributed by atoms with van der Waals surface area (Å²) in [6, 6.07) is 13.0. The first-order valence-electron chi connectivity index (χ1n) is 12.0. The number of hydrogen-bond donors (Lipinski definition) is 2. The topological polar surface area (TPSA) is 80.7 Å². The van der Waals surface area contributed by atoms with E-state index < -0.39 is 5.97 Å². The van der Waals surface area contributed by atoms with Gasteiger partial charge in [-0.3, -0.25) is 9.78 Å². The van der Waals surface area contributed by atoms with E-state index in [0.717, 1.165) is 52.4 Å². The lowest BCUT2D eigenvalue weighted by molar-refractivity contribution is -0.138. The van der Waals surface area contributed by atoms with E-state index in [-0.39, 0.29) is 23.8 Å². The number of rotatable bonds is 8. The summed E-state index contributed by atoms with van der Waals surface area (Å²) in [6.45, 7) is 5.75. The van der Waals surface area contributed by atoms with Crippen LogP contribution in [0.15, 0.2) is 48.7 Å². The van der Waals surface area contributed by atoms with Crippen molar-refractivity contribution in [3.63, 3.8) is 0 Å². The van der Waals surface area contributed by atoms with Gasteiger partial charge in [-0.15, -0.1) is 0 Å². The molecule has 0 amide bonds. The highest BCUT2D eigenvalue weighted by Gasteiger charge is 2.45.